The van der Waals surface area contributed by atoms with Crippen molar-refractivity contribution in [1.82, 2.24) is 9.88 Å². The molecule has 0 amide bonds. The third kappa shape index (κ3) is 3.47. The van der Waals surface area contributed by atoms with Gasteiger partial charge in [-0.2, -0.15) is 0 Å². The fourth-order valence-corrected chi connectivity index (χ4v) is 3.45. The summed E-state index contributed by atoms with van der Waals surface area (Å²) < 4.78 is 5.31. The van der Waals surface area contributed by atoms with Crippen LogP contribution >= 0.6 is 0 Å². The molecule has 0 bridgehead atoms. The van der Waals surface area contributed by atoms with Gasteiger partial charge >= 0.3 is 0 Å². The Morgan fingerprint density at radius 3 is 3.04 bits per heavy atom. The number of likely N-dealkylation sites (tertiary alicyclic amines) is 1. The normalized spacial score (nSPS) is 20.6. The molecule has 1 fully saturated rings. The SMILES string of the molecule is COc1ccc2nccc(C(O)CN3CCCCC3CN)c2c1. The van der Waals surface area contributed by atoms with Crippen molar-refractivity contribution in [1.29, 1.82) is 0 Å². The van der Waals surface area contributed by atoms with Gasteiger partial charge in [0.1, 0.15) is 5.75 Å². The van der Waals surface area contributed by atoms with Gasteiger partial charge in [-0.05, 0) is 49.2 Å². The van der Waals surface area contributed by atoms with Crippen LogP contribution < -0.4 is 10.5 Å². The van der Waals surface area contributed by atoms with Gasteiger partial charge in [0, 0.05) is 30.7 Å². The van der Waals surface area contributed by atoms with Crippen LogP contribution in [0.25, 0.3) is 10.9 Å². The van der Waals surface area contributed by atoms with Gasteiger partial charge in [-0.1, -0.05) is 6.42 Å². The molecular weight excluding hydrogens is 290 g/mol. The maximum Gasteiger partial charge on any atom is 0.119 e. The number of rotatable bonds is 5. The molecule has 5 heteroatoms. The Bertz CT molecular complexity index is 662. The molecule has 2 unspecified atom stereocenters. The smallest absolute Gasteiger partial charge is 0.119 e. The summed E-state index contributed by atoms with van der Waals surface area (Å²) in [6, 6.07) is 8.03. The Balaban J connectivity index is 1.86. The number of hydrogen-bond acceptors (Lipinski definition) is 5. The van der Waals surface area contributed by atoms with Crippen molar-refractivity contribution in [2.24, 2.45) is 5.73 Å². The molecule has 2 aromatic rings. The lowest BCUT2D eigenvalue weighted by Crippen LogP contribution is -2.45. The van der Waals surface area contributed by atoms with Crippen molar-refractivity contribution in [2.75, 3.05) is 26.7 Å². The van der Waals surface area contributed by atoms with Crippen molar-refractivity contribution in [2.45, 2.75) is 31.4 Å². The molecule has 1 aromatic heterocycles. The van der Waals surface area contributed by atoms with Crippen molar-refractivity contribution in [3.8, 4) is 5.75 Å². The minimum Gasteiger partial charge on any atom is -0.497 e. The number of nitrogens with zero attached hydrogens (tertiary/aromatic N) is 2. The summed E-state index contributed by atoms with van der Waals surface area (Å²) in [5.41, 5.74) is 7.66. The van der Waals surface area contributed by atoms with E-state index in [0.29, 0.717) is 19.1 Å². The Morgan fingerprint density at radius 1 is 1.39 bits per heavy atom. The first-order valence-electron chi connectivity index (χ1n) is 8.27. The largest absolute Gasteiger partial charge is 0.497 e. The maximum atomic E-state index is 10.8. The van der Waals surface area contributed by atoms with Gasteiger partial charge < -0.3 is 15.6 Å². The van der Waals surface area contributed by atoms with E-state index in [-0.39, 0.29) is 0 Å². The predicted octanol–water partition coefficient (Wildman–Crippen LogP) is 2.09. The highest BCUT2D eigenvalue weighted by atomic mass is 16.5. The van der Waals surface area contributed by atoms with E-state index in [0.717, 1.165) is 35.2 Å². The van der Waals surface area contributed by atoms with Crippen LogP contribution in [0.1, 0.15) is 30.9 Å². The van der Waals surface area contributed by atoms with Crippen molar-refractivity contribution < 1.29 is 9.84 Å². The van der Waals surface area contributed by atoms with E-state index in [1.807, 2.05) is 24.3 Å². The topological polar surface area (TPSA) is 71.6 Å². The second kappa shape index (κ2) is 7.25. The number of pyridine rings is 1. The highest BCUT2D eigenvalue weighted by Gasteiger charge is 2.24. The van der Waals surface area contributed by atoms with Gasteiger partial charge in [-0.25, -0.2) is 0 Å². The number of piperidine rings is 1. The molecular formula is C18H25N3O2. The van der Waals surface area contributed by atoms with Crippen LogP contribution in [0.15, 0.2) is 30.5 Å². The first kappa shape index (κ1) is 16.2. The highest BCUT2D eigenvalue weighted by molar-refractivity contribution is 5.83. The minimum atomic E-state index is -0.556. The van der Waals surface area contributed by atoms with E-state index in [2.05, 4.69) is 9.88 Å². The average Bonchev–Trinajstić information content (AvgIpc) is 2.61. The van der Waals surface area contributed by atoms with E-state index in [1.165, 1.54) is 12.8 Å². The summed E-state index contributed by atoms with van der Waals surface area (Å²) >= 11 is 0. The Kier molecular flexibility index (Phi) is 5.10. The fraction of sp³-hybridized carbons (Fsp3) is 0.500. The monoisotopic (exact) mass is 315 g/mol. The minimum absolute atomic E-state index is 0.376. The molecule has 1 aliphatic rings. The Hall–Kier alpha value is -1.69. The molecule has 0 radical (unpaired) electrons. The molecule has 5 nitrogen and oxygen atoms in total. The van der Waals surface area contributed by atoms with Crippen molar-refractivity contribution in [3.63, 3.8) is 0 Å². The highest BCUT2D eigenvalue weighted by Crippen LogP contribution is 2.28. The summed E-state index contributed by atoms with van der Waals surface area (Å²) in [6.45, 7) is 2.26. The quantitative estimate of drug-likeness (QED) is 0.884. The van der Waals surface area contributed by atoms with E-state index >= 15 is 0 Å². The van der Waals surface area contributed by atoms with Crippen LogP contribution in [0.4, 0.5) is 0 Å². The van der Waals surface area contributed by atoms with Gasteiger partial charge in [-0.15, -0.1) is 0 Å². The van der Waals surface area contributed by atoms with Gasteiger partial charge in [0.15, 0.2) is 0 Å². The van der Waals surface area contributed by atoms with Crippen LogP contribution in [0.3, 0.4) is 0 Å². The lowest BCUT2D eigenvalue weighted by atomic mass is 9.99. The molecule has 3 rings (SSSR count). The van der Waals surface area contributed by atoms with Crippen LogP contribution in [0.2, 0.25) is 0 Å². The molecule has 0 aliphatic carbocycles. The molecule has 1 aromatic carbocycles. The molecule has 0 spiro atoms. The van der Waals surface area contributed by atoms with Gasteiger partial charge in [0.2, 0.25) is 0 Å². The summed E-state index contributed by atoms with van der Waals surface area (Å²) in [5, 5.41) is 11.7. The zero-order chi connectivity index (χ0) is 16.2. The molecule has 124 valence electrons. The number of methoxy groups -OCH3 is 1. The number of aromatic nitrogens is 1. The lowest BCUT2D eigenvalue weighted by molar-refractivity contribution is 0.0706. The molecule has 3 N–H and O–H groups in total. The molecule has 0 saturated carbocycles. The summed E-state index contributed by atoms with van der Waals surface area (Å²) in [6.07, 6.45) is 4.72. The van der Waals surface area contributed by atoms with Crippen molar-refractivity contribution >= 4 is 10.9 Å². The van der Waals surface area contributed by atoms with E-state index < -0.39 is 6.10 Å². The Labute approximate surface area is 137 Å². The van der Waals surface area contributed by atoms with Crippen LogP contribution in [-0.2, 0) is 0 Å². The molecule has 2 atom stereocenters. The molecule has 1 aliphatic heterocycles. The first-order valence-corrected chi connectivity index (χ1v) is 8.27. The number of benzene rings is 1. The number of aliphatic hydroxyl groups excluding tert-OH is 1. The lowest BCUT2D eigenvalue weighted by Gasteiger charge is -2.36. The predicted molar refractivity (Wildman–Crippen MR) is 91.5 cm³/mol. The standard InChI is InChI=1S/C18H25N3O2/c1-23-14-5-6-17-16(10-14)15(7-8-20-17)18(22)12-21-9-3-2-4-13(21)11-19/h5-8,10,13,18,22H,2-4,9,11-12,19H2,1H3. The number of fused-ring (bicyclic) bond motifs is 1. The maximum absolute atomic E-state index is 10.8. The number of aliphatic hydroxyl groups is 1. The second-order valence-corrected chi connectivity index (χ2v) is 6.18. The third-order valence-corrected chi connectivity index (χ3v) is 4.77. The number of hydrogen-bond donors (Lipinski definition) is 2. The molecule has 2 heterocycles. The summed E-state index contributed by atoms with van der Waals surface area (Å²) in [7, 11) is 1.65. The zero-order valence-corrected chi connectivity index (χ0v) is 13.6. The average molecular weight is 315 g/mol. The second-order valence-electron chi connectivity index (χ2n) is 6.18. The van der Waals surface area contributed by atoms with Crippen molar-refractivity contribution in [3.05, 3.63) is 36.0 Å². The van der Waals surface area contributed by atoms with E-state index in [4.69, 9.17) is 10.5 Å². The van der Waals surface area contributed by atoms with E-state index in [9.17, 15) is 5.11 Å². The molecule has 1 saturated heterocycles. The van der Waals surface area contributed by atoms with Gasteiger partial charge in [0.25, 0.3) is 0 Å². The van der Waals surface area contributed by atoms with Crippen LogP contribution in [0.5, 0.6) is 5.75 Å². The summed E-state index contributed by atoms with van der Waals surface area (Å²) in [4.78, 5) is 6.70. The van der Waals surface area contributed by atoms with Gasteiger partial charge in [0.05, 0.1) is 18.7 Å². The fourth-order valence-electron chi connectivity index (χ4n) is 3.45. The number of nitrogens with two attached hydrogens (primary N) is 1. The molecule has 23 heavy (non-hydrogen) atoms. The Morgan fingerprint density at radius 2 is 2.26 bits per heavy atom. The van der Waals surface area contributed by atoms with E-state index in [1.54, 1.807) is 13.3 Å². The van der Waals surface area contributed by atoms with Crippen LogP contribution in [-0.4, -0.2) is 47.8 Å². The number of ether oxygens (including phenoxy) is 1. The zero-order valence-electron chi connectivity index (χ0n) is 13.6. The first-order chi connectivity index (χ1) is 11.2. The van der Waals surface area contributed by atoms with Gasteiger partial charge in [-0.3, -0.25) is 9.88 Å². The third-order valence-electron chi connectivity index (χ3n) is 4.77. The number of β-amino-alcohol motifs (C(OH)–C–C–N with tert-alkyl or cyclic N) is 1. The summed E-state index contributed by atoms with van der Waals surface area (Å²) in [5.74, 6) is 0.775. The van der Waals surface area contributed by atoms with Crippen LogP contribution in [0, 0.1) is 0 Å².